The van der Waals surface area contributed by atoms with Crippen LogP contribution in [0.15, 0.2) is 24.3 Å². The summed E-state index contributed by atoms with van der Waals surface area (Å²) < 4.78 is 5.23. The van der Waals surface area contributed by atoms with Crippen LogP contribution in [-0.2, 0) is 16.1 Å². The predicted octanol–water partition coefficient (Wildman–Crippen LogP) is 2.99. The number of aromatic nitrogens is 1. The molecule has 1 unspecified atom stereocenters. The molecular formula is C21H27ClN4O3. The van der Waals surface area contributed by atoms with Crippen molar-refractivity contribution in [1.29, 1.82) is 0 Å². The summed E-state index contributed by atoms with van der Waals surface area (Å²) in [6.45, 7) is 4.64. The molecule has 2 fully saturated rings. The van der Waals surface area contributed by atoms with Crippen LogP contribution in [0.3, 0.4) is 0 Å². The number of nitrogens with zero attached hydrogens (tertiary/aromatic N) is 2. The second kappa shape index (κ2) is 7.88. The van der Waals surface area contributed by atoms with Crippen LogP contribution in [0.2, 0.25) is 5.02 Å². The lowest BCUT2D eigenvalue weighted by atomic mass is 9.86. The van der Waals surface area contributed by atoms with Gasteiger partial charge in [-0.1, -0.05) is 11.6 Å². The molecule has 0 radical (unpaired) electrons. The average molecular weight is 419 g/mol. The van der Waals surface area contributed by atoms with Gasteiger partial charge in [-0.15, -0.1) is 0 Å². The standard InChI is InChI=1S/C21H27ClN4O3/c1-21(12-29-13-21)19(27)26-7-3-4-17(11-26)25(2)20(28)23-10-16-9-14-8-15(22)5-6-18(14)24-16/h5-6,8-9,17,24H,3-4,7,10-13H2,1-2H3,(H,23,28). The van der Waals surface area contributed by atoms with Crippen LogP contribution in [0, 0.1) is 5.41 Å². The first-order valence-electron chi connectivity index (χ1n) is 10.0. The van der Waals surface area contributed by atoms with Crippen molar-refractivity contribution in [2.24, 2.45) is 5.41 Å². The van der Waals surface area contributed by atoms with Crippen molar-refractivity contribution in [3.05, 3.63) is 35.0 Å². The molecule has 1 aromatic carbocycles. The summed E-state index contributed by atoms with van der Waals surface area (Å²) in [6.07, 6.45) is 1.79. The third-order valence-electron chi connectivity index (χ3n) is 5.98. The second-order valence-corrected chi connectivity index (χ2v) is 8.83. The maximum Gasteiger partial charge on any atom is 0.317 e. The molecule has 2 aliphatic rings. The molecule has 156 valence electrons. The Morgan fingerprint density at radius 3 is 2.90 bits per heavy atom. The van der Waals surface area contributed by atoms with Gasteiger partial charge in [-0.25, -0.2) is 4.79 Å². The lowest BCUT2D eigenvalue weighted by Crippen LogP contribution is -2.58. The minimum absolute atomic E-state index is 0.0128. The predicted molar refractivity (Wildman–Crippen MR) is 112 cm³/mol. The topological polar surface area (TPSA) is 77.7 Å². The largest absolute Gasteiger partial charge is 0.379 e. The van der Waals surface area contributed by atoms with Gasteiger partial charge < -0.3 is 24.8 Å². The highest BCUT2D eigenvalue weighted by molar-refractivity contribution is 6.31. The number of urea groups is 1. The van der Waals surface area contributed by atoms with Crippen molar-refractivity contribution in [1.82, 2.24) is 20.1 Å². The van der Waals surface area contributed by atoms with Gasteiger partial charge in [-0.3, -0.25) is 4.79 Å². The molecule has 7 nitrogen and oxygen atoms in total. The lowest BCUT2D eigenvalue weighted by molar-refractivity contribution is -0.170. The molecule has 2 aliphatic heterocycles. The first kappa shape index (κ1) is 20.0. The van der Waals surface area contributed by atoms with Crippen molar-refractivity contribution in [2.75, 3.05) is 33.4 Å². The number of likely N-dealkylation sites (tertiary alicyclic amines) is 1. The molecule has 3 heterocycles. The zero-order chi connectivity index (χ0) is 20.6. The molecular weight excluding hydrogens is 392 g/mol. The molecule has 4 rings (SSSR count). The van der Waals surface area contributed by atoms with Gasteiger partial charge in [-0.2, -0.15) is 0 Å². The number of amides is 3. The highest BCUT2D eigenvalue weighted by Gasteiger charge is 2.44. The zero-order valence-electron chi connectivity index (χ0n) is 16.8. The Balaban J connectivity index is 1.33. The molecule has 29 heavy (non-hydrogen) atoms. The second-order valence-electron chi connectivity index (χ2n) is 8.40. The minimum atomic E-state index is -0.402. The van der Waals surface area contributed by atoms with E-state index in [1.54, 1.807) is 11.9 Å². The first-order chi connectivity index (χ1) is 13.9. The molecule has 0 bridgehead atoms. The number of fused-ring (bicyclic) bond motifs is 1. The van der Waals surface area contributed by atoms with Crippen LogP contribution < -0.4 is 5.32 Å². The minimum Gasteiger partial charge on any atom is -0.379 e. The number of nitrogens with one attached hydrogen (secondary N) is 2. The summed E-state index contributed by atoms with van der Waals surface area (Å²) in [7, 11) is 1.80. The molecule has 3 amide bonds. The van der Waals surface area contributed by atoms with Crippen LogP contribution in [0.25, 0.3) is 10.9 Å². The number of carbonyl (C=O) groups excluding carboxylic acids is 2. The van der Waals surface area contributed by atoms with Gasteiger partial charge in [0.1, 0.15) is 0 Å². The van der Waals surface area contributed by atoms with E-state index in [2.05, 4.69) is 10.3 Å². The Labute approximate surface area is 175 Å². The number of benzene rings is 1. The quantitative estimate of drug-likeness (QED) is 0.801. The highest BCUT2D eigenvalue weighted by Crippen LogP contribution is 2.30. The summed E-state index contributed by atoms with van der Waals surface area (Å²) in [4.78, 5) is 32.4. The van der Waals surface area contributed by atoms with Gasteiger partial charge in [-0.05, 0) is 44.0 Å². The fourth-order valence-corrected chi connectivity index (χ4v) is 4.27. The Morgan fingerprint density at radius 2 is 2.17 bits per heavy atom. The third-order valence-corrected chi connectivity index (χ3v) is 6.21. The number of ether oxygens (including phenoxy) is 1. The van der Waals surface area contributed by atoms with E-state index in [1.807, 2.05) is 36.1 Å². The van der Waals surface area contributed by atoms with E-state index in [4.69, 9.17) is 16.3 Å². The fraction of sp³-hybridized carbons (Fsp3) is 0.524. The van der Waals surface area contributed by atoms with E-state index < -0.39 is 5.41 Å². The van der Waals surface area contributed by atoms with Crippen molar-refractivity contribution in [3.8, 4) is 0 Å². The van der Waals surface area contributed by atoms with Crippen molar-refractivity contribution < 1.29 is 14.3 Å². The van der Waals surface area contributed by atoms with Crippen molar-refractivity contribution in [3.63, 3.8) is 0 Å². The van der Waals surface area contributed by atoms with E-state index in [0.29, 0.717) is 31.3 Å². The number of hydrogen-bond acceptors (Lipinski definition) is 3. The van der Waals surface area contributed by atoms with E-state index in [9.17, 15) is 9.59 Å². The highest BCUT2D eigenvalue weighted by atomic mass is 35.5. The molecule has 2 aromatic rings. The van der Waals surface area contributed by atoms with Crippen molar-refractivity contribution in [2.45, 2.75) is 32.4 Å². The van der Waals surface area contributed by atoms with Crippen LogP contribution in [0.4, 0.5) is 4.79 Å². The van der Waals surface area contributed by atoms with Crippen LogP contribution in [0.1, 0.15) is 25.5 Å². The summed E-state index contributed by atoms with van der Waals surface area (Å²) in [5.41, 5.74) is 1.51. The van der Waals surface area contributed by atoms with Gasteiger partial charge in [0.2, 0.25) is 5.91 Å². The normalized spacial score (nSPS) is 20.9. The summed E-state index contributed by atoms with van der Waals surface area (Å²) in [5, 5.41) is 4.67. The van der Waals surface area contributed by atoms with Gasteiger partial charge >= 0.3 is 6.03 Å². The maximum absolute atomic E-state index is 12.8. The molecule has 2 saturated heterocycles. The molecule has 8 heteroatoms. The molecule has 1 atom stereocenters. The van der Waals surface area contributed by atoms with E-state index >= 15 is 0 Å². The van der Waals surface area contributed by atoms with Crippen LogP contribution in [-0.4, -0.2) is 66.1 Å². The Bertz CT molecular complexity index is 924. The molecule has 2 N–H and O–H groups in total. The lowest BCUT2D eigenvalue weighted by Gasteiger charge is -2.44. The van der Waals surface area contributed by atoms with Gasteiger partial charge in [0, 0.05) is 41.8 Å². The van der Waals surface area contributed by atoms with Gasteiger partial charge in [0.05, 0.1) is 31.2 Å². The molecule has 1 aromatic heterocycles. The SMILES string of the molecule is CN(C(=O)NCc1cc2cc(Cl)ccc2[nH]1)C1CCCN(C(=O)C2(C)COC2)C1. The number of rotatable bonds is 4. The molecule has 0 aliphatic carbocycles. The Hall–Kier alpha value is -2.25. The number of H-pyrrole nitrogens is 1. The number of halogens is 1. The van der Waals surface area contributed by atoms with E-state index in [0.717, 1.165) is 36.0 Å². The summed E-state index contributed by atoms with van der Waals surface area (Å²) >= 11 is 6.03. The number of hydrogen-bond donors (Lipinski definition) is 2. The average Bonchev–Trinajstić information content (AvgIpc) is 3.11. The van der Waals surface area contributed by atoms with E-state index in [-0.39, 0.29) is 18.0 Å². The summed E-state index contributed by atoms with van der Waals surface area (Å²) in [5.74, 6) is 0.138. The van der Waals surface area contributed by atoms with Crippen LogP contribution >= 0.6 is 11.6 Å². The molecule has 0 saturated carbocycles. The zero-order valence-corrected chi connectivity index (χ0v) is 17.6. The molecule has 0 spiro atoms. The smallest absolute Gasteiger partial charge is 0.317 e. The summed E-state index contributed by atoms with van der Waals surface area (Å²) in [6, 6.07) is 7.52. The Morgan fingerprint density at radius 1 is 1.38 bits per heavy atom. The maximum atomic E-state index is 12.8. The number of carbonyl (C=O) groups is 2. The van der Waals surface area contributed by atoms with Gasteiger partial charge in [0.15, 0.2) is 0 Å². The third kappa shape index (κ3) is 4.07. The van der Waals surface area contributed by atoms with E-state index in [1.165, 1.54) is 0 Å². The fourth-order valence-electron chi connectivity index (χ4n) is 4.09. The number of aromatic amines is 1. The number of piperidine rings is 1. The van der Waals surface area contributed by atoms with Crippen molar-refractivity contribution >= 4 is 34.4 Å². The monoisotopic (exact) mass is 418 g/mol. The van der Waals surface area contributed by atoms with Gasteiger partial charge in [0.25, 0.3) is 0 Å². The Kier molecular flexibility index (Phi) is 5.44. The first-order valence-corrected chi connectivity index (χ1v) is 10.4. The van der Waals surface area contributed by atoms with Crippen LogP contribution in [0.5, 0.6) is 0 Å². The number of likely N-dealkylation sites (N-methyl/N-ethyl adjacent to an activating group) is 1.